The number of amides is 1. The number of hydrogen-bond acceptors (Lipinski definition) is 2. The van der Waals surface area contributed by atoms with Gasteiger partial charge in [0.15, 0.2) is 0 Å². The molecule has 2 aromatic carbocycles. The highest BCUT2D eigenvalue weighted by molar-refractivity contribution is 5.83. The van der Waals surface area contributed by atoms with Crippen molar-refractivity contribution < 1.29 is 9.18 Å². The first kappa shape index (κ1) is 18.3. The average Bonchev–Trinajstić information content (AvgIpc) is 3.43. The van der Waals surface area contributed by atoms with Crippen molar-refractivity contribution in [1.82, 2.24) is 9.88 Å². The monoisotopic (exact) mass is 388 g/mol. The summed E-state index contributed by atoms with van der Waals surface area (Å²) < 4.78 is 13.8. The van der Waals surface area contributed by atoms with Crippen LogP contribution in [0.25, 0.3) is 10.9 Å². The molecule has 3 nitrogen and oxygen atoms in total. The largest absolute Gasteiger partial charge is 0.333 e. The number of pyridine rings is 1. The van der Waals surface area contributed by atoms with E-state index >= 15 is 0 Å². The van der Waals surface area contributed by atoms with Crippen LogP contribution in [0.1, 0.15) is 48.3 Å². The van der Waals surface area contributed by atoms with Gasteiger partial charge in [-0.15, -0.1) is 0 Å². The molecule has 1 saturated carbocycles. The van der Waals surface area contributed by atoms with Crippen LogP contribution >= 0.6 is 0 Å². The minimum atomic E-state index is -0.214. The maximum atomic E-state index is 13.8. The Morgan fingerprint density at radius 2 is 1.90 bits per heavy atom. The number of aromatic nitrogens is 1. The third kappa shape index (κ3) is 3.41. The normalized spacial score (nSPS) is 23.5. The van der Waals surface area contributed by atoms with E-state index < -0.39 is 0 Å². The van der Waals surface area contributed by atoms with Gasteiger partial charge in [-0.05, 0) is 73.9 Å². The summed E-state index contributed by atoms with van der Waals surface area (Å²) in [6, 6.07) is 15.1. The average molecular weight is 388 g/mol. The summed E-state index contributed by atoms with van der Waals surface area (Å²) in [5, 5.41) is 0.927. The predicted octanol–water partition coefficient (Wildman–Crippen LogP) is 5.16. The van der Waals surface area contributed by atoms with Crippen molar-refractivity contribution in [2.24, 2.45) is 0 Å². The number of carbonyl (C=O) groups excluding carboxylic acids is 1. The minimum absolute atomic E-state index is 0.0619. The van der Waals surface area contributed by atoms with E-state index in [-0.39, 0.29) is 17.3 Å². The van der Waals surface area contributed by atoms with Crippen molar-refractivity contribution in [3.8, 4) is 0 Å². The highest BCUT2D eigenvalue weighted by Crippen LogP contribution is 2.50. The first-order valence-electron chi connectivity index (χ1n) is 10.4. The van der Waals surface area contributed by atoms with E-state index in [9.17, 15) is 9.18 Å². The maximum absolute atomic E-state index is 13.8. The second-order valence-electron chi connectivity index (χ2n) is 8.70. The Labute approximate surface area is 170 Å². The Morgan fingerprint density at radius 3 is 2.66 bits per heavy atom. The van der Waals surface area contributed by atoms with Crippen molar-refractivity contribution in [2.75, 3.05) is 6.54 Å². The zero-order valence-electron chi connectivity index (χ0n) is 16.7. The summed E-state index contributed by atoms with van der Waals surface area (Å²) in [4.78, 5) is 19.2. The van der Waals surface area contributed by atoms with Gasteiger partial charge in [0, 0.05) is 18.1 Å². The number of aryl methyl sites for hydroxylation is 1. The fraction of sp³-hybridized carbons (Fsp3) is 0.360. The minimum Gasteiger partial charge on any atom is -0.333 e. The molecule has 5 rings (SSSR count). The molecule has 0 radical (unpaired) electrons. The molecule has 3 aromatic rings. The molecule has 4 heteroatoms. The Hall–Kier alpha value is -2.75. The molecule has 148 valence electrons. The maximum Gasteiger partial charge on any atom is 0.227 e. The summed E-state index contributed by atoms with van der Waals surface area (Å²) in [6.45, 7) is 2.94. The fourth-order valence-electron chi connectivity index (χ4n) is 4.98. The lowest BCUT2D eigenvalue weighted by Crippen LogP contribution is -2.29. The second kappa shape index (κ2) is 6.94. The van der Waals surface area contributed by atoms with Gasteiger partial charge in [-0.2, -0.15) is 0 Å². The zero-order chi connectivity index (χ0) is 20.0. The molecule has 1 aliphatic heterocycles. The van der Waals surface area contributed by atoms with Crippen LogP contribution in [0.5, 0.6) is 0 Å². The van der Waals surface area contributed by atoms with Gasteiger partial charge in [0.2, 0.25) is 5.91 Å². The third-order valence-corrected chi connectivity index (χ3v) is 6.79. The number of nitrogens with zero attached hydrogens (tertiary/aromatic N) is 2. The lowest BCUT2D eigenvalue weighted by atomic mass is 9.77. The quantitative estimate of drug-likeness (QED) is 0.581. The zero-order valence-corrected chi connectivity index (χ0v) is 16.7. The molecule has 1 aliphatic carbocycles. The number of benzene rings is 2. The number of rotatable bonds is 3. The standard InChI is InChI=1S/C25H25FN2O/c1-17-2-4-18(5-3-17)14-24(29)28-16-25(28)11-8-19(9-12-25)21-10-13-27-23-7-6-20(26)15-22(21)23/h2-7,10,13,15,19H,8-9,11-12,14,16H2,1H3. The van der Waals surface area contributed by atoms with Crippen LogP contribution in [-0.2, 0) is 11.2 Å². The summed E-state index contributed by atoms with van der Waals surface area (Å²) in [5.41, 5.74) is 4.41. The Morgan fingerprint density at radius 1 is 1.14 bits per heavy atom. The molecule has 2 aliphatic rings. The van der Waals surface area contributed by atoms with Crippen LogP contribution in [0, 0.1) is 12.7 Å². The summed E-state index contributed by atoms with van der Waals surface area (Å²) in [5.74, 6) is 0.431. The van der Waals surface area contributed by atoms with E-state index in [0.29, 0.717) is 12.3 Å². The van der Waals surface area contributed by atoms with Crippen LogP contribution in [0.3, 0.4) is 0 Å². The molecule has 1 aromatic heterocycles. The van der Waals surface area contributed by atoms with Gasteiger partial charge >= 0.3 is 0 Å². The highest BCUT2D eigenvalue weighted by atomic mass is 19.1. The highest BCUT2D eigenvalue weighted by Gasteiger charge is 2.55. The van der Waals surface area contributed by atoms with E-state index in [2.05, 4.69) is 28.9 Å². The molecular weight excluding hydrogens is 363 g/mol. The van der Waals surface area contributed by atoms with Gasteiger partial charge in [0.05, 0.1) is 17.5 Å². The molecule has 1 amide bonds. The molecule has 2 fully saturated rings. The second-order valence-corrected chi connectivity index (χ2v) is 8.70. The van der Waals surface area contributed by atoms with Gasteiger partial charge in [-0.3, -0.25) is 9.78 Å². The Bertz CT molecular complexity index is 1070. The van der Waals surface area contributed by atoms with Crippen molar-refractivity contribution in [3.05, 3.63) is 77.2 Å². The summed E-state index contributed by atoms with van der Waals surface area (Å²) in [6.07, 6.45) is 6.43. The van der Waals surface area contributed by atoms with Crippen LogP contribution in [0.4, 0.5) is 4.39 Å². The van der Waals surface area contributed by atoms with E-state index in [4.69, 9.17) is 0 Å². The molecule has 1 spiro atoms. The number of fused-ring (bicyclic) bond motifs is 1. The van der Waals surface area contributed by atoms with E-state index in [1.807, 2.05) is 24.4 Å². The van der Waals surface area contributed by atoms with Crippen molar-refractivity contribution in [3.63, 3.8) is 0 Å². The lowest BCUT2D eigenvalue weighted by molar-refractivity contribution is -0.126. The van der Waals surface area contributed by atoms with E-state index in [1.54, 1.807) is 12.1 Å². The SMILES string of the molecule is Cc1ccc(CC(=O)N2CC23CCC(c2ccnc4ccc(F)cc24)CC3)cc1. The molecule has 1 saturated heterocycles. The third-order valence-electron chi connectivity index (χ3n) is 6.79. The summed E-state index contributed by atoms with van der Waals surface area (Å²) >= 11 is 0. The van der Waals surface area contributed by atoms with Crippen molar-refractivity contribution in [2.45, 2.75) is 50.5 Å². The van der Waals surface area contributed by atoms with Crippen LogP contribution in [0.15, 0.2) is 54.7 Å². The van der Waals surface area contributed by atoms with Gasteiger partial charge < -0.3 is 4.90 Å². The van der Waals surface area contributed by atoms with E-state index in [1.165, 1.54) is 17.2 Å². The molecule has 0 unspecified atom stereocenters. The molecule has 0 atom stereocenters. The molecule has 0 N–H and O–H groups in total. The molecule has 29 heavy (non-hydrogen) atoms. The van der Waals surface area contributed by atoms with Crippen molar-refractivity contribution in [1.29, 1.82) is 0 Å². The van der Waals surface area contributed by atoms with Gasteiger partial charge in [0.1, 0.15) is 5.82 Å². The summed E-state index contributed by atoms with van der Waals surface area (Å²) in [7, 11) is 0. The van der Waals surface area contributed by atoms with E-state index in [0.717, 1.165) is 48.7 Å². The molecule has 2 heterocycles. The van der Waals surface area contributed by atoms with Gasteiger partial charge in [0.25, 0.3) is 0 Å². The predicted molar refractivity (Wildman–Crippen MR) is 112 cm³/mol. The van der Waals surface area contributed by atoms with Crippen LogP contribution in [0.2, 0.25) is 0 Å². The van der Waals surface area contributed by atoms with Gasteiger partial charge in [-0.1, -0.05) is 29.8 Å². The lowest BCUT2D eigenvalue weighted by Gasteiger charge is -2.30. The topological polar surface area (TPSA) is 33.0 Å². The molecular formula is C25H25FN2O. The van der Waals surface area contributed by atoms with Crippen LogP contribution < -0.4 is 0 Å². The number of halogens is 1. The number of carbonyl (C=O) groups is 1. The number of hydrogen-bond donors (Lipinski definition) is 0. The first-order chi connectivity index (χ1) is 14.0. The fourth-order valence-corrected chi connectivity index (χ4v) is 4.98. The van der Waals surface area contributed by atoms with Crippen molar-refractivity contribution >= 4 is 16.8 Å². The first-order valence-corrected chi connectivity index (χ1v) is 10.4. The van der Waals surface area contributed by atoms with Crippen LogP contribution in [-0.4, -0.2) is 27.9 Å². The Kier molecular flexibility index (Phi) is 4.38. The smallest absolute Gasteiger partial charge is 0.227 e. The Balaban J connectivity index is 1.26. The molecule has 0 bridgehead atoms. The van der Waals surface area contributed by atoms with Gasteiger partial charge in [-0.25, -0.2) is 4.39 Å².